The largest absolute Gasteiger partial charge is 0.453 e. The van der Waals surface area contributed by atoms with Gasteiger partial charge in [-0.2, -0.15) is 0 Å². The first-order chi connectivity index (χ1) is 18.9. The molecule has 0 saturated carbocycles. The number of hydrogen-bond acceptors (Lipinski definition) is 6. The third kappa shape index (κ3) is 7.33. The molecule has 2 aromatic carbocycles. The molecule has 40 heavy (non-hydrogen) atoms. The number of nitrogens with zero attached hydrogens (tertiary/aromatic N) is 3. The van der Waals surface area contributed by atoms with Crippen molar-refractivity contribution in [3.05, 3.63) is 59.7 Å². The summed E-state index contributed by atoms with van der Waals surface area (Å²) in [6.07, 6.45) is 1.46. The van der Waals surface area contributed by atoms with Crippen molar-refractivity contribution in [1.29, 1.82) is 0 Å². The Balaban J connectivity index is 1.68. The Labute approximate surface area is 238 Å². The van der Waals surface area contributed by atoms with Crippen LogP contribution < -0.4 is 21.1 Å². The zero-order valence-electron chi connectivity index (χ0n) is 24.9. The molecule has 2 atom stereocenters. The van der Waals surface area contributed by atoms with Gasteiger partial charge < -0.3 is 19.9 Å². The second-order valence-corrected chi connectivity index (χ2v) is 11.7. The summed E-state index contributed by atoms with van der Waals surface area (Å²) < 4.78 is 4.65. The molecule has 9 nitrogen and oxygen atoms in total. The van der Waals surface area contributed by atoms with E-state index in [1.807, 2.05) is 38.1 Å². The lowest BCUT2D eigenvalue weighted by Gasteiger charge is -2.30. The highest BCUT2D eigenvalue weighted by atomic mass is 16.5. The monoisotopic (exact) mass is 551 g/mol. The van der Waals surface area contributed by atoms with Crippen LogP contribution >= 0.6 is 0 Å². The van der Waals surface area contributed by atoms with Crippen LogP contribution in [0.15, 0.2) is 48.5 Å². The quantitative estimate of drug-likeness (QED) is 0.264. The predicted molar refractivity (Wildman–Crippen MR) is 159 cm³/mol. The van der Waals surface area contributed by atoms with Gasteiger partial charge >= 0.3 is 6.09 Å². The third-order valence-corrected chi connectivity index (χ3v) is 7.55. The molecule has 3 rings (SSSR count). The normalized spacial score (nSPS) is 16.0. The molecule has 1 aliphatic heterocycles. The Morgan fingerprint density at radius 2 is 1.70 bits per heavy atom. The third-order valence-electron chi connectivity index (χ3n) is 7.55. The summed E-state index contributed by atoms with van der Waals surface area (Å²) in [4.78, 5) is 41.7. The number of methoxy groups -OCH3 is 1. The average molecular weight is 552 g/mol. The van der Waals surface area contributed by atoms with Gasteiger partial charge in [-0.05, 0) is 66.5 Å². The van der Waals surface area contributed by atoms with Crippen LogP contribution in [0, 0.1) is 5.92 Å². The van der Waals surface area contributed by atoms with Crippen LogP contribution in [0.4, 0.5) is 16.2 Å². The molecule has 1 saturated heterocycles. The van der Waals surface area contributed by atoms with Crippen molar-refractivity contribution in [3.63, 3.8) is 0 Å². The number of ether oxygens (including phenoxy) is 1. The van der Waals surface area contributed by atoms with Crippen molar-refractivity contribution in [3.8, 4) is 0 Å². The highest BCUT2D eigenvalue weighted by molar-refractivity contribution is 5.96. The molecule has 3 amide bonds. The van der Waals surface area contributed by atoms with Crippen molar-refractivity contribution in [2.24, 2.45) is 11.8 Å². The van der Waals surface area contributed by atoms with E-state index in [2.05, 4.69) is 60.0 Å². The van der Waals surface area contributed by atoms with Crippen molar-refractivity contribution in [2.75, 3.05) is 36.7 Å². The SMILES string of the molecule is CCN(CC(=O)N(N)c1ccc([C@H]2CCCN2c2ccc(C(C)(C)C)cc2)cc1)C(=O)[C@@H](NC(=O)OC)C(C)C. The zero-order valence-corrected chi connectivity index (χ0v) is 24.9. The summed E-state index contributed by atoms with van der Waals surface area (Å²) in [5.74, 6) is 5.22. The van der Waals surface area contributed by atoms with E-state index in [-0.39, 0.29) is 36.4 Å². The van der Waals surface area contributed by atoms with Gasteiger partial charge in [0.05, 0.1) is 18.8 Å². The van der Waals surface area contributed by atoms with Crippen molar-refractivity contribution in [2.45, 2.75) is 71.9 Å². The van der Waals surface area contributed by atoms with E-state index in [9.17, 15) is 14.4 Å². The van der Waals surface area contributed by atoms with Crippen LogP contribution in [0.3, 0.4) is 0 Å². The fourth-order valence-corrected chi connectivity index (χ4v) is 5.06. The van der Waals surface area contributed by atoms with Gasteiger partial charge in [-0.25, -0.2) is 15.6 Å². The summed E-state index contributed by atoms with van der Waals surface area (Å²) in [6.45, 7) is 13.1. The van der Waals surface area contributed by atoms with Gasteiger partial charge in [0.2, 0.25) is 5.91 Å². The molecule has 1 fully saturated rings. The van der Waals surface area contributed by atoms with Gasteiger partial charge in [0.25, 0.3) is 5.91 Å². The van der Waals surface area contributed by atoms with Gasteiger partial charge in [-0.15, -0.1) is 0 Å². The zero-order chi connectivity index (χ0) is 29.6. The Morgan fingerprint density at radius 1 is 1.07 bits per heavy atom. The van der Waals surface area contributed by atoms with E-state index in [1.54, 1.807) is 6.92 Å². The minimum absolute atomic E-state index is 0.113. The first kappa shape index (κ1) is 30.9. The Hall–Kier alpha value is -3.59. The summed E-state index contributed by atoms with van der Waals surface area (Å²) in [6, 6.07) is 16.0. The number of rotatable bonds is 9. The second kappa shape index (κ2) is 13.2. The molecule has 0 spiro atoms. The number of anilines is 2. The van der Waals surface area contributed by atoms with E-state index >= 15 is 0 Å². The predicted octanol–water partition coefficient (Wildman–Crippen LogP) is 4.76. The van der Waals surface area contributed by atoms with E-state index in [0.29, 0.717) is 5.69 Å². The first-order valence-corrected chi connectivity index (χ1v) is 14.0. The molecule has 0 unspecified atom stereocenters. The number of likely N-dealkylation sites (N-methyl/N-ethyl adjacent to an activating group) is 1. The van der Waals surface area contributed by atoms with Crippen molar-refractivity contribution < 1.29 is 19.1 Å². The van der Waals surface area contributed by atoms with E-state index in [1.165, 1.54) is 28.8 Å². The smallest absolute Gasteiger partial charge is 0.407 e. The van der Waals surface area contributed by atoms with Crippen LogP contribution in [-0.4, -0.2) is 55.6 Å². The van der Waals surface area contributed by atoms with E-state index in [0.717, 1.165) is 24.4 Å². The lowest BCUT2D eigenvalue weighted by molar-refractivity contribution is -0.137. The van der Waals surface area contributed by atoms with Crippen LogP contribution in [0.2, 0.25) is 0 Å². The molecule has 0 bridgehead atoms. The molecule has 0 aromatic heterocycles. The topological polar surface area (TPSA) is 108 Å². The molecule has 0 radical (unpaired) electrons. The maximum atomic E-state index is 13.1. The molecule has 9 heteroatoms. The highest BCUT2D eigenvalue weighted by Gasteiger charge is 2.31. The number of nitrogens with one attached hydrogen (secondary N) is 1. The van der Waals surface area contributed by atoms with Gasteiger partial charge in [0, 0.05) is 18.8 Å². The standard InChI is InChI=1S/C31H45N5O4/c1-8-34(29(38)28(21(2)3)33-30(39)40-7)20-27(37)36(32)25-15-11-22(12-16-25)26-10-9-19-35(26)24-17-13-23(14-18-24)31(4,5)6/h11-18,21,26,28H,8-10,19-20,32H2,1-7H3,(H,33,39)/t26-,28+/m1/s1. The van der Waals surface area contributed by atoms with Crippen molar-refractivity contribution >= 4 is 29.3 Å². The summed E-state index contributed by atoms with van der Waals surface area (Å²) in [5.41, 5.74) is 4.35. The molecule has 218 valence electrons. The lowest BCUT2D eigenvalue weighted by Crippen LogP contribution is -2.54. The molecule has 2 aromatic rings. The van der Waals surface area contributed by atoms with E-state index in [4.69, 9.17) is 5.84 Å². The minimum Gasteiger partial charge on any atom is -0.453 e. The molecule has 3 N–H and O–H groups in total. The van der Waals surface area contributed by atoms with Gasteiger partial charge in [-0.3, -0.25) is 9.59 Å². The van der Waals surface area contributed by atoms with Gasteiger partial charge in [-0.1, -0.05) is 58.9 Å². The fourth-order valence-electron chi connectivity index (χ4n) is 5.06. The molecule has 1 aliphatic rings. The van der Waals surface area contributed by atoms with E-state index < -0.39 is 18.0 Å². The number of hydrogen-bond donors (Lipinski definition) is 2. The number of carbonyl (C=O) groups is 3. The summed E-state index contributed by atoms with van der Waals surface area (Å²) in [5, 5.41) is 3.64. The van der Waals surface area contributed by atoms with Crippen molar-refractivity contribution in [1.82, 2.24) is 10.2 Å². The molecule has 0 aliphatic carbocycles. The lowest BCUT2D eigenvalue weighted by atomic mass is 9.87. The van der Waals surface area contributed by atoms with Crippen LogP contribution in [0.1, 0.15) is 71.6 Å². The van der Waals surface area contributed by atoms with Crippen LogP contribution in [0.5, 0.6) is 0 Å². The number of alkyl carbamates (subject to hydrolysis) is 1. The number of amides is 3. The van der Waals surface area contributed by atoms with Gasteiger partial charge in [0.15, 0.2) is 0 Å². The van der Waals surface area contributed by atoms with Crippen LogP contribution in [-0.2, 0) is 19.7 Å². The number of hydrazine groups is 1. The summed E-state index contributed by atoms with van der Waals surface area (Å²) >= 11 is 0. The Kier molecular flexibility index (Phi) is 10.2. The highest BCUT2D eigenvalue weighted by Crippen LogP contribution is 2.37. The maximum Gasteiger partial charge on any atom is 0.407 e. The number of nitrogens with two attached hydrogens (primary N) is 1. The second-order valence-electron chi connectivity index (χ2n) is 11.7. The average Bonchev–Trinajstić information content (AvgIpc) is 3.43. The number of benzene rings is 2. The minimum atomic E-state index is -0.815. The maximum absolute atomic E-state index is 13.1. The number of carbonyl (C=O) groups excluding carboxylic acids is 3. The summed E-state index contributed by atoms with van der Waals surface area (Å²) in [7, 11) is 1.24. The fraction of sp³-hybridized carbons (Fsp3) is 0.516. The Morgan fingerprint density at radius 3 is 2.23 bits per heavy atom. The first-order valence-electron chi connectivity index (χ1n) is 14.0. The molecular formula is C31H45N5O4. The van der Waals surface area contributed by atoms with Gasteiger partial charge in [0.1, 0.15) is 12.6 Å². The molecule has 1 heterocycles. The van der Waals surface area contributed by atoms with Crippen LogP contribution in [0.25, 0.3) is 0 Å². The molecular weight excluding hydrogens is 506 g/mol. The Bertz CT molecular complexity index is 1160.